The standard InChI is InChI=1S/C15H13IN2O2/c16-12-8-4-7-11(9-12)15(20)18-13(14(17)19)10-5-2-1-3-6-10/h1-9,13H,(H2,17,19)(H,18,20). The van der Waals surface area contributed by atoms with E-state index in [0.717, 1.165) is 3.57 Å². The van der Waals surface area contributed by atoms with Crippen molar-refractivity contribution in [3.63, 3.8) is 0 Å². The first-order chi connectivity index (χ1) is 9.58. The number of carbonyl (C=O) groups is 2. The van der Waals surface area contributed by atoms with Crippen LogP contribution in [0.25, 0.3) is 0 Å². The molecule has 20 heavy (non-hydrogen) atoms. The van der Waals surface area contributed by atoms with Gasteiger partial charge in [0.2, 0.25) is 5.91 Å². The van der Waals surface area contributed by atoms with Crippen molar-refractivity contribution >= 4 is 34.4 Å². The average molecular weight is 380 g/mol. The molecule has 1 unspecified atom stereocenters. The second-order valence-electron chi connectivity index (χ2n) is 4.23. The monoisotopic (exact) mass is 380 g/mol. The molecule has 102 valence electrons. The number of benzene rings is 2. The van der Waals surface area contributed by atoms with E-state index in [1.807, 2.05) is 12.1 Å². The Morgan fingerprint density at radius 2 is 1.75 bits per heavy atom. The van der Waals surface area contributed by atoms with Crippen LogP contribution in [-0.2, 0) is 4.79 Å². The fourth-order valence-electron chi connectivity index (χ4n) is 1.81. The smallest absolute Gasteiger partial charge is 0.252 e. The van der Waals surface area contributed by atoms with Crippen molar-refractivity contribution in [3.8, 4) is 0 Å². The molecule has 2 amide bonds. The van der Waals surface area contributed by atoms with Gasteiger partial charge in [-0.3, -0.25) is 9.59 Å². The summed E-state index contributed by atoms with van der Waals surface area (Å²) in [6.45, 7) is 0. The highest BCUT2D eigenvalue weighted by Crippen LogP contribution is 2.14. The molecule has 0 aliphatic carbocycles. The molecule has 0 fully saturated rings. The summed E-state index contributed by atoms with van der Waals surface area (Å²) in [6.07, 6.45) is 0. The van der Waals surface area contributed by atoms with Crippen LogP contribution >= 0.6 is 22.6 Å². The molecule has 0 spiro atoms. The zero-order valence-corrected chi connectivity index (χ0v) is 12.7. The zero-order valence-electron chi connectivity index (χ0n) is 10.5. The van der Waals surface area contributed by atoms with E-state index in [2.05, 4.69) is 27.9 Å². The Morgan fingerprint density at radius 1 is 1.05 bits per heavy atom. The number of amides is 2. The molecule has 0 radical (unpaired) electrons. The predicted octanol–water partition coefficient (Wildman–Crippen LogP) is 2.25. The molecule has 0 saturated carbocycles. The minimum Gasteiger partial charge on any atom is -0.368 e. The highest BCUT2D eigenvalue weighted by atomic mass is 127. The molecule has 2 aromatic rings. The minimum atomic E-state index is -0.832. The second-order valence-corrected chi connectivity index (χ2v) is 5.48. The summed E-state index contributed by atoms with van der Waals surface area (Å²) in [7, 11) is 0. The van der Waals surface area contributed by atoms with Crippen molar-refractivity contribution in [3.05, 3.63) is 69.3 Å². The van der Waals surface area contributed by atoms with Gasteiger partial charge in [-0.05, 0) is 46.4 Å². The van der Waals surface area contributed by atoms with Gasteiger partial charge in [0.1, 0.15) is 6.04 Å². The molecule has 1 atom stereocenters. The maximum atomic E-state index is 12.2. The lowest BCUT2D eigenvalue weighted by Gasteiger charge is -2.16. The molecule has 2 rings (SSSR count). The molecular weight excluding hydrogens is 367 g/mol. The van der Waals surface area contributed by atoms with Gasteiger partial charge in [0.25, 0.3) is 5.91 Å². The fraction of sp³-hybridized carbons (Fsp3) is 0.0667. The molecule has 0 heterocycles. The first kappa shape index (κ1) is 14.5. The van der Waals surface area contributed by atoms with Gasteiger partial charge in [-0.15, -0.1) is 0 Å². The van der Waals surface area contributed by atoms with E-state index in [9.17, 15) is 9.59 Å². The van der Waals surface area contributed by atoms with E-state index in [0.29, 0.717) is 11.1 Å². The van der Waals surface area contributed by atoms with E-state index in [1.54, 1.807) is 42.5 Å². The maximum Gasteiger partial charge on any atom is 0.252 e. The van der Waals surface area contributed by atoms with Crippen molar-refractivity contribution in [1.29, 1.82) is 0 Å². The van der Waals surface area contributed by atoms with Crippen LogP contribution in [0.3, 0.4) is 0 Å². The Morgan fingerprint density at radius 3 is 2.35 bits per heavy atom. The van der Waals surface area contributed by atoms with E-state index in [4.69, 9.17) is 5.73 Å². The number of primary amides is 1. The molecule has 5 heteroatoms. The van der Waals surface area contributed by atoms with Gasteiger partial charge in [0.15, 0.2) is 0 Å². The Labute approximate surface area is 130 Å². The third-order valence-electron chi connectivity index (χ3n) is 2.78. The molecule has 0 aliphatic heterocycles. The van der Waals surface area contributed by atoms with Crippen molar-refractivity contribution in [1.82, 2.24) is 5.32 Å². The molecule has 0 saturated heterocycles. The van der Waals surface area contributed by atoms with Crippen LogP contribution in [0.15, 0.2) is 54.6 Å². The number of hydrogen-bond acceptors (Lipinski definition) is 2. The fourth-order valence-corrected chi connectivity index (χ4v) is 2.35. The van der Waals surface area contributed by atoms with E-state index < -0.39 is 11.9 Å². The predicted molar refractivity (Wildman–Crippen MR) is 85.0 cm³/mol. The number of nitrogens with two attached hydrogens (primary N) is 1. The van der Waals surface area contributed by atoms with Crippen LogP contribution in [0, 0.1) is 3.57 Å². The lowest BCUT2D eigenvalue weighted by molar-refractivity contribution is -0.120. The number of carbonyl (C=O) groups excluding carboxylic acids is 2. The topological polar surface area (TPSA) is 72.2 Å². The summed E-state index contributed by atoms with van der Waals surface area (Å²) in [6, 6.07) is 15.2. The van der Waals surface area contributed by atoms with Crippen molar-refractivity contribution in [2.45, 2.75) is 6.04 Å². The summed E-state index contributed by atoms with van der Waals surface area (Å²) in [5, 5.41) is 2.66. The van der Waals surface area contributed by atoms with Crippen molar-refractivity contribution in [2.75, 3.05) is 0 Å². The number of rotatable bonds is 4. The lowest BCUT2D eigenvalue weighted by atomic mass is 10.1. The largest absolute Gasteiger partial charge is 0.368 e. The summed E-state index contributed by atoms with van der Waals surface area (Å²) in [4.78, 5) is 23.7. The molecule has 4 nitrogen and oxygen atoms in total. The number of halogens is 1. The van der Waals surface area contributed by atoms with Crippen LogP contribution in [0.5, 0.6) is 0 Å². The number of nitrogens with one attached hydrogen (secondary N) is 1. The van der Waals surface area contributed by atoms with E-state index in [1.165, 1.54) is 0 Å². The average Bonchev–Trinajstić information content (AvgIpc) is 2.45. The third-order valence-corrected chi connectivity index (χ3v) is 3.45. The second kappa shape index (κ2) is 6.51. The summed E-state index contributed by atoms with van der Waals surface area (Å²) in [5.74, 6) is -0.911. The molecule has 0 aliphatic rings. The molecule has 0 aromatic heterocycles. The van der Waals surface area contributed by atoms with E-state index in [-0.39, 0.29) is 5.91 Å². The maximum absolute atomic E-state index is 12.2. The van der Waals surface area contributed by atoms with Crippen molar-refractivity contribution < 1.29 is 9.59 Å². The van der Waals surface area contributed by atoms with E-state index >= 15 is 0 Å². The van der Waals surface area contributed by atoms with Gasteiger partial charge in [-0.1, -0.05) is 36.4 Å². The molecule has 3 N–H and O–H groups in total. The van der Waals surface area contributed by atoms with Crippen LogP contribution in [0.1, 0.15) is 22.0 Å². The highest BCUT2D eigenvalue weighted by Gasteiger charge is 2.20. The summed E-state index contributed by atoms with van der Waals surface area (Å²) >= 11 is 2.13. The molecule has 0 bridgehead atoms. The Hall–Kier alpha value is -1.89. The Balaban J connectivity index is 2.21. The van der Waals surface area contributed by atoms with Crippen molar-refractivity contribution in [2.24, 2.45) is 5.73 Å². The lowest BCUT2D eigenvalue weighted by Crippen LogP contribution is -2.37. The van der Waals surface area contributed by atoms with Gasteiger partial charge < -0.3 is 11.1 Å². The quantitative estimate of drug-likeness (QED) is 0.799. The SMILES string of the molecule is NC(=O)C(NC(=O)c1cccc(I)c1)c1ccccc1. The highest BCUT2D eigenvalue weighted by molar-refractivity contribution is 14.1. The van der Waals surface area contributed by atoms with Crippen LogP contribution in [0.2, 0.25) is 0 Å². The van der Waals surface area contributed by atoms with Gasteiger partial charge in [0, 0.05) is 9.13 Å². The summed E-state index contributed by atoms with van der Waals surface area (Å²) in [5.41, 5.74) is 6.53. The third kappa shape index (κ3) is 3.57. The van der Waals surface area contributed by atoms with Gasteiger partial charge in [-0.25, -0.2) is 0 Å². The van der Waals surface area contributed by atoms with Gasteiger partial charge in [-0.2, -0.15) is 0 Å². The first-order valence-electron chi connectivity index (χ1n) is 5.98. The summed E-state index contributed by atoms with van der Waals surface area (Å²) < 4.78 is 0.950. The van der Waals surface area contributed by atoms with Crippen LogP contribution < -0.4 is 11.1 Å². The first-order valence-corrected chi connectivity index (χ1v) is 7.06. The van der Waals surface area contributed by atoms with Gasteiger partial charge >= 0.3 is 0 Å². The normalized spacial score (nSPS) is 11.7. The number of hydrogen-bond donors (Lipinski definition) is 2. The zero-order chi connectivity index (χ0) is 14.5. The van der Waals surface area contributed by atoms with Crippen LogP contribution in [0.4, 0.5) is 0 Å². The van der Waals surface area contributed by atoms with Gasteiger partial charge in [0.05, 0.1) is 0 Å². The molecule has 2 aromatic carbocycles. The Kier molecular flexibility index (Phi) is 4.73. The van der Waals surface area contributed by atoms with Crippen LogP contribution in [-0.4, -0.2) is 11.8 Å². The minimum absolute atomic E-state index is 0.323. The Bertz CT molecular complexity index is 629. The molecular formula is C15H13IN2O2.